The third-order valence-electron chi connectivity index (χ3n) is 4.47. The molecule has 0 radical (unpaired) electrons. The van der Waals surface area contributed by atoms with Crippen molar-refractivity contribution < 1.29 is 22.9 Å². The fourth-order valence-corrected chi connectivity index (χ4v) is 4.04. The monoisotopic (exact) mass is 453 g/mol. The van der Waals surface area contributed by atoms with Crippen LogP contribution in [0.4, 0.5) is 11.5 Å². The van der Waals surface area contributed by atoms with Crippen LogP contribution < -0.4 is 5.32 Å². The number of amides is 1. The molecule has 1 N–H and O–H groups in total. The first-order chi connectivity index (χ1) is 14.4. The summed E-state index contributed by atoms with van der Waals surface area (Å²) in [6.07, 6.45) is 0. The van der Waals surface area contributed by atoms with Crippen molar-refractivity contribution in [2.24, 2.45) is 7.05 Å². The lowest BCUT2D eigenvalue weighted by Crippen LogP contribution is -2.40. The summed E-state index contributed by atoms with van der Waals surface area (Å²) in [4.78, 5) is 22.7. The molecule has 0 bridgehead atoms. The lowest BCUT2D eigenvalue weighted by atomic mass is 9.92. The molecule has 2 aromatic rings. The van der Waals surface area contributed by atoms with Crippen LogP contribution in [0, 0.1) is 10.1 Å². The van der Waals surface area contributed by atoms with E-state index in [1.54, 1.807) is 13.1 Å². The normalized spacial score (nSPS) is 12.2. The second kappa shape index (κ2) is 9.54. The number of rotatable bonds is 9. The molecule has 0 aliphatic heterocycles. The zero-order valence-corrected chi connectivity index (χ0v) is 19.0. The van der Waals surface area contributed by atoms with Gasteiger partial charge in [0.1, 0.15) is 5.82 Å². The summed E-state index contributed by atoms with van der Waals surface area (Å²) in [7, 11) is -0.985. The molecule has 1 aromatic heterocycles. The average molecular weight is 454 g/mol. The Morgan fingerprint density at radius 1 is 1.29 bits per heavy atom. The van der Waals surface area contributed by atoms with Crippen LogP contribution in [-0.2, 0) is 32.0 Å². The van der Waals surface area contributed by atoms with Gasteiger partial charge in [0.15, 0.2) is 0 Å². The van der Waals surface area contributed by atoms with Crippen molar-refractivity contribution in [3.63, 3.8) is 0 Å². The van der Waals surface area contributed by atoms with Crippen LogP contribution in [0.5, 0.6) is 0 Å². The molecule has 170 valence electrons. The van der Waals surface area contributed by atoms with Gasteiger partial charge in [-0.25, -0.2) is 8.42 Å². The Bertz CT molecular complexity index is 1040. The molecule has 0 atom stereocenters. The molecule has 0 fully saturated rings. The number of methoxy groups -OCH3 is 1. The second-order valence-corrected chi connectivity index (χ2v) is 9.86. The number of carbonyl (C=O) groups is 1. The number of hydrogen-bond acceptors (Lipinski definition) is 7. The Balaban J connectivity index is 2.23. The third kappa shape index (κ3) is 6.09. The zero-order chi connectivity index (χ0) is 23.4. The van der Waals surface area contributed by atoms with Gasteiger partial charge in [0.2, 0.25) is 15.9 Å². The molecule has 1 amide bonds. The van der Waals surface area contributed by atoms with E-state index in [4.69, 9.17) is 4.74 Å². The van der Waals surface area contributed by atoms with E-state index in [0.29, 0.717) is 5.82 Å². The maximum Gasteiger partial charge on any atom is 0.269 e. The van der Waals surface area contributed by atoms with Gasteiger partial charge in [-0.2, -0.15) is 9.40 Å². The van der Waals surface area contributed by atoms with E-state index in [1.165, 1.54) is 11.8 Å². The van der Waals surface area contributed by atoms with E-state index in [0.717, 1.165) is 34.3 Å². The number of hydrogen-bond donors (Lipinski definition) is 1. The summed E-state index contributed by atoms with van der Waals surface area (Å²) in [5.74, 6) is -0.112. The number of anilines is 1. The summed E-state index contributed by atoms with van der Waals surface area (Å²) < 4.78 is 33.5. The number of carbonyl (C=O) groups excluding carboxylic acids is 1. The molecule has 0 saturated heterocycles. The summed E-state index contributed by atoms with van der Waals surface area (Å²) in [6.45, 7) is 5.51. The van der Waals surface area contributed by atoms with Gasteiger partial charge in [0, 0.05) is 44.3 Å². The van der Waals surface area contributed by atoms with Gasteiger partial charge in [-0.1, -0.05) is 20.8 Å². The van der Waals surface area contributed by atoms with Crippen LogP contribution in [0.3, 0.4) is 0 Å². The fourth-order valence-electron chi connectivity index (χ4n) is 2.66. The minimum Gasteiger partial charge on any atom is -0.383 e. The van der Waals surface area contributed by atoms with Crippen molar-refractivity contribution in [2.75, 3.05) is 32.1 Å². The Hall–Kier alpha value is -2.83. The average Bonchev–Trinajstić information content (AvgIpc) is 3.05. The van der Waals surface area contributed by atoms with E-state index in [9.17, 15) is 23.3 Å². The molecule has 0 unspecified atom stereocenters. The van der Waals surface area contributed by atoms with Crippen LogP contribution in [-0.4, -0.2) is 60.1 Å². The molecule has 0 saturated carbocycles. The second-order valence-electron chi connectivity index (χ2n) is 7.92. The maximum absolute atomic E-state index is 13.0. The molecule has 0 spiro atoms. The van der Waals surface area contributed by atoms with E-state index >= 15 is 0 Å². The van der Waals surface area contributed by atoms with Crippen molar-refractivity contribution >= 4 is 27.4 Å². The standard InChI is InChI=1S/C19H27N5O6S/c1-19(2,3)16-12-17(22(4)21-16)20-18(25)13-23(10-11-30-5)31(28,29)15-8-6-14(7-9-15)24(26)27/h6-9,12H,10-11,13H2,1-5H3,(H,20,25). The van der Waals surface area contributed by atoms with Crippen LogP contribution in [0.25, 0.3) is 0 Å². The molecule has 1 aromatic carbocycles. The molecule has 1 heterocycles. The number of nitrogens with one attached hydrogen (secondary N) is 1. The Morgan fingerprint density at radius 2 is 1.90 bits per heavy atom. The Labute approximate surface area is 181 Å². The predicted octanol–water partition coefficient (Wildman–Crippen LogP) is 1.90. The third-order valence-corrected chi connectivity index (χ3v) is 6.33. The quantitative estimate of drug-likeness (QED) is 0.452. The molecule has 11 nitrogen and oxygen atoms in total. The minimum absolute atomic E-state index is 0.0676. The Kier molecular flexibility index (Phi) is 7.52. The van der Waals surface area contributed by atoms with Gasteiger partial charge < -0.3 is 10.1 Å². The molecular formula is C19H27N5O6S. The number of aryl methyl sites for hydroxylation is 1. The number of non-ortho nitro benzene ring substituents is 1. The van der Waals surface area contributed by atoms with Crippen molar-refractivity contribution in [2.45, 2.75) is 31.1 Å². The number of benzene rings is 1. The van der Waals surface area contributed by atoms with E-state index in [-0.39, 0.29) is 29.1 Å². The lowest BCUT2D eigenvalue weighted by molar-refractivity contribution is -0.384. The van der Waals surface area contributed by atoms with E-state index < -0.39 is 27.4 Å². The van der Waals surface area contributed by atoms with Crippen molar-refractivity contribution in [1.29, 1.82) is 0 Å². The van der Waals surface area contributed by atoms with Crippen molar-refractivity contribution in [3.8, 4) is 0 Å². The molecule has 0 aliphatic carbocycles. The molecule has 12 heteroatoms. The van der Waals surface area contributed by atoms with Crippen LogP contribution >= 0.6 is 0 Å². The first kappa shape index (κ1) is 24.4. The van der Waals surface area contributed by atoms with Gasteiger partial charge in [0.25, 0.3) is 5.69 Å². The predicted molar refractivity (Wildman–Crippen MR) is 114 cm³/mol. The minimum atomic E-state index is -4.08. The van der Waals surface area contributed by atoms with E-state index in [2.05, 4.69) is 10.4 Å². The lowest BCUT2D eigenvalue weighted by Gasteiger charge is -2.21. The number of ether oxygens (including phenoxy) is 1. The molecular weight excluding hydrogens is 426 g/mol. The fraction of sp³-hybridized carbons (Fsp3) is 0.474. The van der Waals surface area contributed by atoms with Gasteiger partial charge >= 0.3 is 0 Å². The number of aromatic nitrogens is 2. The number of nitrogens with zero attached hydrogens (tertiary/aromatic N) is 4. The van der Waals surface area contributed by atoms with Gasteiger partial charge in [-0.15, -0.1) is 0 Å². The maximum atomic E-state index is 13.0. The number of nitro groups is 1. The van der Waals surface area contributed by atoms with Crippen LogP contribution in [0.1, 0.15) is 26.5 Å². The summed E-state index contributed by atoms with van der Waals surface area (Å²) >= 11 is 0. The van der Waals surface area contributed by atoms with Crippen LogP contribution in [0.15, 0.2) is 35.2 Å². The summed E-state index contributed by atoms with van der Waals surface area (Å²) in [5, 5.41) is 17.9. The Morgan fingerprint density at radius 3 is 2.39 bits per heavy atom. The van der Waals surface area contributed by atoms with E-state index in [1.807, 2.05) is 20.8 Å². The van der Waals surface area contributed by atoms with Gasteiger partial charge in [-0.05, 0) is 12.1 Å². The smallest absolute Gasteiger partial charge is 0.269 e. The van der Waals surface area contributed by atoms with Gasteiger partial charge in [-0.3, -0.25) is 19.6 Å². The SMILES string of the molecule is COCCN(CC(=O)Nc1cc(C(C)(C)C)nn1C)S(=O)(=O)c1ccc([N+](=O)[O-])cc1. The molecule has 2 rings (SSSR count). The highest BCUT2D eigenvalue weighted by Gasteiger charge is 2.28. The highest BCUT2D eigenvalue weighted by molar-refractivity contribution is 7.89. The number of sulfonamides is 1. The summed E-state index contributed by atoms with van der Waals surface area (Å²) in [6, 6.07) is 6.22. The zero-order valence-electron chi connectivity index (χ0n) is 18.2. The van der Waals surface area contributed by atoms with Crippen LogP contribution in [0.2, 0.25) is 0 Å². The van der Waals surface area contributed by atoms with Gasteiger partial charge in [0.05, 0.1) is 28.7 Å². The first-order valence-corrected chi connectivity index (χ1v) is 10.9. The summed E-state index contributed by atoms with van der Waals surface area (Å²) in [5.41, 5.74) is 0.329. The highest BCUT2D eigenvalue weighted by atomic mass is 32.2. The molecule has 0 aliphatic rings. The largest absolute Gasteiger partial charge is 0.383 e. The van der Waals surface area contributed by atoms with Crippen molar-refractivity contribution in [1.82, 2.24) is 14.1 Å². The highest BCUT2D eigenvalue weighted by Crippen LogP contribution is 2.24. The first-order valence-electron chi connectivity index (χ1n) is 9.44. The van der Waals surface area contributed by atoms with Crippen molar-refractivity contribution in [3.05, 3.63) is 46.1 Å². The number of nitro benzene ring substituents is 1. The molecule has 31 heavy (non-hydrogen) atoms. The topological polar surface area (TPSA) is 137 Å².